The number of rotatable bonds is 0. The third kappa shape index (κ3) is 1.38. The van der Waals surface area contributed by atoms with Crippen LogP contribution in [-0.2, 0) is 6.30 Å². The zero-order valence-corrected chi connectivity index (χ0v) is 5.46. The Bertz CT molecular complexity index is 271. The molecule has 6 heteroatoms. The highest BCUT2D eigenvalue weighted by atomic mass is 32.1. The van der Waals surface area contributed by atoms with E-state index >= 15 is 0 Å². The predicted molar refractivity (Wildman–Crippen MR) is 30.9 cm³/mol. The van der Waals surface area contributed by atoms with Gasteiger partial charge in [-0.15, -0.1) is 13.2 Å². The Kier molecular flexibility index (Phi) is 1.55. The lowest BCUT2D eigenvalue weighted by molar-refractivity contribution is -0.212. The van der Waals surface area contributed by atoms with Crippen LogP contribution < -0.4 is 0 Å². The van der Waals surface area contributed by atoms with Crippen molar-refractivity contribution >= 4 is 12.2 Å². The molecule has 0 radical (unpaired) electrons. The molecule has 0 unspecified atom stereocenters. The number of nitrogens with zero attached hydrogens (tertiary/aromatic N) is 1. The minimum atomic E-state index is -4.39. The zero-order chi connectivity index (χ0) is 7.78. The van der Waals surface area contributed by atoms with E-state index in [9.17, 15) is 13.2 Å². The minimum absolute atomic E-state index is 0.00463. The SMILES string of the molecule is FC(F)(F)n1ccc(=S)[nH]1. The Labute approximate surface area is 59.3 Å². The van der Waals surface area contributed by atoms with Crippen LogP contribution >= 0.6 is 12.2 Å². The molecule has 0 saturated heterocycles. The summed E-state index contributed by atoms with van der Waals surface area (Å²) in [4.78, 5) is 0. The molecule has 0 bridgehead atoms. The molecule has 56 valence electrons. The van der Waals surface area contributed by atoms with Gasteiger partial charge in [-0.3, -0.25) is 5.10 Å². The highest BCUT2D eigenvalue weighted by Crippen LogP contribution is 2.19. The molecule has 0 aliphatic carbocycles. The average Bonchev–Trinajstić information content (AvgIpc) is 2.11. The highest BCUT2D eigenvalue weighted by Gasteiger charge is 2.29. The van der Waals surface area contributed by atoms with Crippen molar-refractivity contribution in [3.8, 4) is 0 Å². The second-order valence-electron chi connectivity index (χ2n) is 1.63. The third-order valence-corrected chi connectivity index (χ3v) is 1.11. The van der Waals surface area contributed by atoms with Gasteiger partial charge < -0.3 is 0 Å². The van der Waals surface area contributed by atoms with E-state index in [0.717, 1.165) is 6.20 Å². The first-order valence-electron chi connectivity index (χ1n) is 2.35. The number of alkyl halides is 3. The molecule has 2 nitrogen and oxygen atoms in total. The highest BCUT2D eigenvalue weighted by molar-refractivity contribution is 7.71. The fourth-order valence-corrected chi connectivity index (χ4v) is 0.643. The molecule has 0 fully saturated rings. The van der Waals surface area contributed by atoms with Gasteiger partial charge in [-0.2, -0.15) is 0 Å². The molecule has 0 aromatic carbocycles. The van der Waals surface area contributed by atoms with E-state index < -0.39 is 6.30 Å². The van der Waals surface area contributed by atoms with Gasteiger partial charge in [0.05, 0.1) is 0 Å². The molecule has 10 heavy (non-hydrogen) atoms. The molecule has 1 heterocycles. The summed E-state index contributed by atoms with van der Waals surface area (Å²) in [6, 6.07) is 1.17. The van der Waals surface area contributed by atoms with E-state index in [-0.39, 0.29) is 9.32 Å². The maximum absolute atomic E-state index is 11.7. The molecule has 1 aromatic rings. The summed E-state index contributed by atoms with van der Waals surface area (Å²) in [6.07, 6.45) is -3.56. The Morgan fingerprint density at radius 3 is 2.30 bits per heavy atom. The summed E-state index contributed by atoms with van der Waals surface area (Å²) < 4.78 is 35.1. The second-order valence-corrected chi connectivity index (χ2v) is 2.07. The largest absolute Gasteiger partial charge is 0.502 e. The van der Waals surface area contributed by atoms with Crippen LogP contribution in [0.25, 0.3) is 0 Å². The monoisotopic (exact) mass is 168 g/mol. The first kappa shape index (κ1) is 7.33. The van der Waals surface area contributed by atoms with Gasteiger partial charge in [-0.1, -0.05) is 12.2 Å². The summed E-state index contributed by atoms with van der Waals surface area (Å²) in [5.41, 5.74) is 0. The van der Waals surface area contributed by atoms with Crippen molar-refractivity contribution in [2.75, 3.05) is 0 Å². The van der Waals surface area contributed by atoms with E-state index in [1.807, 2.05) is 5.10 Å². The molecular weight excluding hydrogens is 165 g/mol. The van der Waals surface area contributed by atoms with E-state index in [0.29, 0.717) is 0 Å². The maximum atomic E-state index is 11.7. The topological polar surface area (TPSA) is 20.7 Å². The molecule has 1 rings (SSSR count). The molecule has 0 saturated carbocycles. The Hall–Kier alpha value is -0.780. The number of hydrogen-bond donors (Lipinski definition) is 1. The fourth-order valence-electron chi connectivity index (χ4n) is 0.483. The Morgan fingerprint density at radius 1 is 1.50 bits per heavy atom. The van der Waals surface area contributed by atoms with Crippen LogP contribution in [0.15, 0.2) is 12.3 Å². The van der Waals surface area contributed by atoms with Crippen molar-refractivity contribution in [2.24, 2.45) is 0 Å². The van der Waals surface area contributed by atoms with Gasteiger partial charge in [0, 0.05) is 6.20 Å². The average molecular weight is 168 g/mol. The molecule has 0 amide bonds. The van der Waals surface area contributed by atoms with Gasteiger partial charge >= 0.3 is 6.30 Å². The van der Waals surface area contributed by atoms with Gasteiger partial charge in [-0.25, -0.2) is 4.68 Å². The lowest BCUT2D eigenvalue weighted by atomic mass is 10.7. The van der Waals surface area contributed by atoms with Crippen LogP contribution in [0.3, 0.4) is 0 Å². The van der Waals surface area contributed by atoms with Gasteiger partial charge in [-0.05, 0) is 6.07 Å². The second kappa shape index (κ2) is 2.12. The van der Waals surface area contributed by atoms with Crippen LogP contribution in [0.2, 0.25) is 0 Å². The van der Waals surface area contributed by atoms with Crippen LogP contribution in [-0.4, -0.2) is 9.78 Å². The predicted octanol–water partition coefficient (Wildman–Crippen LogP) is 2.02. The standard InChI is InChI=1S/C4H3F3N2S/c5-4(6,7)9-2-1-3(10)8-9/h1-2H,(H,8,10). The molecule has 0 atom stereocenters. The van der Waals surface area contributed by atoms with Crippen molar-refractivity contribution in [3.05, 3.63) is 16.9 Å². The zero-order valence-electron chi connectivity index (χ0n) is 4.64. The van der Waals surface area contributed by atoms with Gasteiger partial charge in [0.15, 0.2) is 0 Å². The van der Waals surface area contributed by atoms with Crippen LogP contribution in [0, 0.1) is 4.64 Å². The molecular formula is C4H3F3N2S. The van der Waals surface area contributed by atoms with Gasteiger partial charge in [0.1, 0.15) is 4.64 Å². The number of halogens is 3. The summed E-state index contributed by atoms with van der Waals surface area (Å²) in [6.45, 7) is 0. The van der Waals surface area contributed by atoms with E-state index in [2.05, 4.69) is 12.2 Å². The van der Waals surface area contributed by atoms with Crippen molar-refractivity contribution in [1.82, 2.24) is 9.78 Å². The van der Waals surface area contributed by atoms with E-state index in [1.165, 1.54) is 6.07 Å². The summed E-state index contributed by atoms with van der Waals surface area (Å²) in [7, 11) is 0. The first-order valence-corrected chi connectivity index (χ1v) is 2.76. The molecule has 1 N–H and O–H groups in total. The van der Waals surface area contributed by atoms with Crippen LogP contribution in [0.1, 0.15) is 0 Å². The number of aromatic amines is 1. The third-order valence-electron chi connectivity index (χ3n) is 0.879. The molecule has 0 aliphatic heterocycles. The van der Waals surface area contributed by atoms with Crippen molar-refractivity contribution < 1.29 is 13.2 Å². The summed E-state index contributed by atoms with van der Waals surface area (Å²) in [5, 5.41) is 1.92. The summed E-state index contributed by atoms with van der Waals surface area (Å²) >= 11 is 4.43. The normalized spacial score (nSPS) is 11.9. The van der Waals surface area contributed by atoms with Gasteiger partial charge in [0.25, 0.3) is 0 Å². The molecule has 1 aromatic heterocycles. The molecule has 0 spiro atoms. The number of H-pyrrole nitrogens is 1. The van der Waals surface area contributed by atoms with Crippen molar-refractivity contribution in [3.63, 3.8) is 0 Å². The smallest absolute Gasteiger partial charge is 0.281 e. The first-order chi connectivity index (χ1) is 4.50. The number of aromatic nitrogens is 2. The molecule has 0 aliphatic rings. The van der Waals surface area contributed by atoms with Crippen molar-refractivity contribution in [1.29, 1.82) is 0 Å². The quantitative estimate of drug-likeness (QED) is 0.588. The van der Waals surface area contributed by atoms with E-state index in [1.54, 1.807) is 0 Å². The lowest BCUT2D eigenvalue weighted by Crippen LogP contribution is -2.16. The van der Waals surface area contributed by atoms with Crippen LogP contribution in [0.4, 0.5) is 13.2 Å². The lowest BCUT2D eigenvalue weighted by Gasteiger charge is -2.04. The Balaban J connectivity index is 3.07. The summed E-state index contributed by atoms with van der Waals surface area (Å²) in [5.74, 6) is 0. The Morgan fingerprint density at radius 2 is 2.10 bits per heavy atom. The van der Waals surface area contributed by atoms with Crippen molar-refractivity contribution in [2.45, 2.75) is 6.30 Å². The van der Waals surface area contributed by atoms with Gasteiger partial charge in [0.2, 0.25) is 0 Å². The minimum Gasteiger partial charge on any atom is -0.281 e. The van der Waals surface area contributed by atoms with E-state index in [4.69, 9.17) is 0 Å². The fraction of sp³-hybridized carbons (Fsp3) is 0.250. The maximum Gasteiger partial charge on any atom is 0.502 e. The van der Waals surface area contributed by atoms with Crippen LogP contribution in [0.5, 0.6) is 0 Å². The number of hydrogen-bond acceptors (Lipinski definition) is 1. The number of nitrogens with one attached hydrogen (secondary N) is 1.